The summed E-state index contributed by atoms with van der Waals surface area (Å²) in [4.78, 5) is 25.3. The van der Waals surface area contributed by atoms with E-state index in [2.05, 4.69) is 0 Å². The Morgan fingerprint density at radius 3 is 2.27 bits per heavy atom. The highest BCUT2D eigenvalue weighted by Gasteiger charge is 2.24. The van der Waals surface area contributed by atoms with Crippen molar-refractivity contribution in [1.82, 2.24) is 4.57 Å². The van der Waals surface area contributed by atoms with E-state index >= 15 is 0 Å². The summed E-state index contributed by atoms with van der Waals surface area (Å²) in [6.45, 7) is 5.64. The second-order valence-corrected chi connectivity index (χ2v) is 6.30. The van der Waals surface area contributed by atoms with Crippen molar-refractivity contribution in [3.63, 3.8) is 0 Å². The van der Waals surface area contributed by atoms with Crippen LogP contribution in [0.1, 0.15) is 40.3 Å². The lowest BCUT2D eigenvalue weighted by molar-refractivity contribution is 0.0602. The van der Waals surface area contributed by atoms with Crippen LogP contribution in [0.15, 0.2) is 48.5 Å². The van der Waals surface area contributed by atoms with Crippen molar-refractivity contribution >= 4 is 22.8 Å². The largest absolute Gasteiger partial charge is 0.491 e. The second kappa shape index (κ2) is 7.04. The van der Waals surface area contributed by atoms with E-state index in [1.807, 2.05) is 38.1 Å². The van der Waals surface area contributed by atoms with Gasteiger partial charge in [-0.25, -0.2) is 4.79 Å². The maximum absolute atomic E-state index is 13.1. The predicted octanol–water partition coefficient (Wildman–Crippen LogP) is 4.21. The van der Waals surface area contributed by atoms with Gasteiger partial charge in [-0.3, -0.25) is 9.36 Å². The first-order valence-corrected chi connectivity index (χ1v) is 8.43. The van der Waals surface area contributed by atoms with Gasteiger partial charge in [-0.05, 0) is 51.1 Å². The van der Waals surface area contributed by atoms with Crippen molar-refractivity contribution in [3.8, 4) is 5.75 Å². The molecule has 5 nitrogen and oxygen atoms in total. The fraction of sp³-hybridized carbons (Fsp3) is 0.238. The zero-order chi connectivity index (χ0) is 18.8. The standard InChI is InChI=1S/C21H21NO4/c1-13(2)26-16-11-9-15(10-12-16)20(23)22-14(3)19(21(24)25-4)17-7-5-6-8-18(17)22/h5-13H,1-4H3. The number of carbonyl (C=O) groups excluding carboxylic acids is 2. The number of fused-ring (bicyclic) bond motifs is 1. The summed E-state index contributed by atoms with van der Waals surface area (Å²) in [7, 11) is 1.34. The molecule has 0 spiro atoms. The predicted molar refractivity (Wildman–Crippen MR) is 99.9 cm³/mol. The Bertz CT molecular complexity index is 968. The summed E-state index contributed by atoms with van der Waals surface area (Å²) in [5.41, 5.74) is 2.17. The molecule has 0 bridgehead atoms. The Morgan fingerprint density at radius 2 is 1.65 bits per heavy atom. The van der Waals surface area contributed by atoms with Crippen LogP contribution >= 0.6 is 0 Å². The summed E-state index contributed by atoms with van der Waals surface area (Å²) < 4.78 is 12.1. The Balaban J connectivity index is 2.09. The zero-order valence-electron chi connectivity index (χ0n) is 15.3. The molecule has 0 fully saturated rings. The molecule has 0 aliphatic heterocycles. The monoisotopic (exact) mass is 351 g/mol. The fourth-order valence-electron chi connectivity index (χ4n) is 3.07. The van der Waals surface area contributed by atoms with Gasteiger partial charge >= 0.3 is 5.97 Å². The van der Waals surface area contributed by atoms with E-state index in [1.54, 1.807) is 35.8 Å². The molecule has 0 N–H and O–H groups in total. The number of rotatable bonds is 4. The molecule has 3 rings (SSSR count). The third kappa shape index (κ3) is 3.08. The molecule has 0 atom stereocenters. The Labute approximate surface area is 152 Å². The van der Waals surface area contributed by atoms with Gasteiger partial charge in [0, 0.05) is 16.6 Å². The minimum atomic E-state index is -0.453. The van der Waals surface area contributed by atoms with Gasteiger partial charge in [0.05, 0.1) is 24.3 Å². The Hall–Kier alpha value is -3.08. The highest BCUT2D eigenvalue weighted by molar-refractivity contribution is 6.11. The lowest BCUT2D eigenvalue weighted by Gasteiger charge is -2.11. The number of methoxy groups -OCH3 is 1. The minimum Gasteiger partial charge on any atom is -0.491 e. The first-order valence-electron chi connectivity index (χ1n) is 8.43. The van der Waals surface area contributed by atoms with Crippen LogP contribution in [0.3, 0.4) is 0 Å². The van der Waals surface area contributed by atoms with Gasteiger partial charge in [-0.1, -0.05) is 18.2 Å². The average Bonchev–Trinajstić information content (AvgIpc) is 2.92. The minimum absolute atomic E-state index is 0.0646. The summed E-state index contributed by atoms with van der Waals surface area (Å²) in [5.74, 6) is 0.0526. The summed E-state index contributed by atoms with van der Waals surface area (Å²) in [6, 6.07) is 14.3. The van der Waals surface area contributed by atoms with E-state index in [0.717, 1.165) is 0 Å². The van der Waals surface area contributed by atoms with E-state index in [1.165, 1.54) is 7.11 Å². The smallest absolute Gasteiger partial charge is 0.340 e. The lowest BCUT2D eigenvalue weighted by Crippen LogP contribution is -2.14. The molecule has 134 valence electrons. The molecular formula is C21H21NO4. The van der Waals surface area contributed by atoms with Crippen LogP contribution in [0.5, 0.6) is 5.75 Å². The molecule has 0 aliphatic carbocycles. The molecule has 0 unspecified atom stereocenters. The Morgan fingerprint density at radius 1 is 1.00 bits per heavy atom. The molecule has 1 heterocycles. The van der Waals surface area contributed by atoms with Crippen LogP contribution in [0.4, 0.5) is 0 Å². The maximum atomic E-state index is 13.1. The van der Waals surface area contributed by atoms with E-state index in [-0.39, 0.29) is 12.0 Å². The third-order valence-corrected chi connectivity index (χ3v) is 4.18. The number of hydrogen-bond donors (Lipinski definition) is 0. The molecule has 0 aliphatic rings. The van der Waals surface area contributed by atoms with Crippen LogP contribution in [0.25, 0.3) is 10.9 Å². The lowest BCUT2D eigenvalue weighted by atomic mass is 10.1. The number of aromatic nitrogens is 1. The molecular weight excluding hydrogens is 330 g/mol. The molecule has 0 amide bonds. The topological polar surface area (TPSA) is 57.5 Å². The number of ether oxygens (including phenoxy) is 2. The summed E-state index contributed by atoms with van der Waals surface area (Å²) in [5, 5.41) is 0.699. The SMILES string of the molecule is COC(=O)c1c(C)n(C(=O)c2ccc(OC(C)C)cc2)c2ccccc12. The molecule has 3 aromatic rings. The number of esters is 1. The average molecular weight is 351 g/mol. The number of para-hydroxylation sites is 1. The van der Waals surface area contributed by atoms with Crippen molar-refractivity contribution in [2.24, 2.45) is 0 Å². The zero-order valence-corrected chi connectivity index (χ0v) is 15.3. The van der Waals surface area contributed by atoms with Crippen LogP contribution in [-0.4, -0.2) is 29.7 Å². The van der Waals surface area contributed by atoms with Gasteiger partial charge in [-0.15, -0.1) is 0 Å². The van der Waals surface area contributed by atoms with Crippen LogP contribution in [0.2, 0.25) is 0 Å². The van der Waals surface area contributed by atoms with Gasteiger partial charge in [0.2, 0.25) is 0 Å². The van der Waals surface area contributed by atoms with E-state index < -0.39 is 5.97 Å². The van der Waals surface area contributed by atoms with E-state index in [0.29, 0.717) is 33.5 Å². The van der Waals surface area contributed by atoms with E-state index in [4.69, 9.17) is 9.47 Å². The molecule has 26 heavy (non-hydrogen) atoms. The van der Waals surface area contributed by atoms with Crippen LogP contribution in [0, 0.1) is 6.92 Å². The summed E-state index contributed by atoms with van der Waals surface area (Å²) >= 11 is 0. The van der Waals surface area contributed by atoms with Crippen molar-refractivity contribution < 1.29 is 19.1 Å². The fourth-order valence-corrected chi connectivity index (χ4v) is 3.07. The second-order valence-electron chi connectivity index (χ2n) is 6.30. The van der Waals surface area contributed by atoms with Gasteiger partial charge in [0.25, 0.3) is 5.91 Å². The maximum Gasteiger partial charge on any atom is 0.340 e. The molecule has 5 heteroatoms. The molecule has 1 aromatic heterocycles. The molecule has 2 aromatic carbocycles. The van der Waals surface area contributed by atoms with Crippen molar-refractivity contribution in [3.05, 3.63) is 65.4 Å². The molecule has 0 radical (unpaired) electrons. The van der Waals surface area contributed by atoms with Crippen molar-refractivity contribution in [2.45, 2.75) is 26.9 Å². The summed E-state index contributed by atoms with van der Waals surface area (Å²) in [6.07, 6.45) is 0.0646. The van der Waals surface area contributed by atoms with Gasteiger partial charge < -0.3 is 9.47 Å². The first-order chi connectivity index (χ1) is 12.4. The van der Waals surface area contributed by atoms with Crippen LogP contribution in [-0.2, 0) is 4.74 Å². The third-order valence-electron chi connectivity index (χ3n) is 4.18. The van der Waals surface area contributed by atoms with Crippen molar-refractivity contribution in [2.75, 3.05) is 7.11 Å². The number of hydrogen-bond acceptors (Lipinski definition) is 4. The normalized spacial score (nSPS) is 11.0. The quantitative estimate of drug-likeness (QED) is 0.661. The Kier molecular flexibility index (Phi) is 4.80. The number of carbonyl (C=O) groups is 2. The molecule has 0 saturated carbocycles. The first kappa shape index (κ1) is 17.7. The van der Waals surface area contributed by atoms with Crippen LogP contribution < -0.4 is 4.74 Å². The highest BCUT2D eigenvalue weighted by Crippen LogP contribution is 2.27. The molecule has 0 saturated heterocycles. The highest BCUT2D eigenvalue weighted by atomic mass is 16.5. The van der Waals surface area contributed by atoms with Gasteiger partial charge in [-0.2, -0.15) is 0 Å². The number of benzene rings is 2. The van der Waals surface area contributed by atoms with Gasteiger partial charge in [0.15, 0.2) is 0 Å². The number of nitrogens with zero attached hydrogens (tertiary/aromatic N) is 1. The van der Waals surface area contributed by atoms with E-state index in [9.17, 15) is 9.59 Å². The van der Waals surface area contributed by atoms with Crippen molar-refractivity contribution in [1.29, 1.82) is 0 Å². The van der Waals surface area contributed by atoms with Gasteiger partial charge in [0.1, 0.15) is 5.75 Å².